The highest BCUT2D eigenvalue weighted by atomic mass is 35.5. The summed E-state index contributed by atoms with van der Waals surface area (Å²) in [7, 11) is 0. The SMILES string of the molecule is Cc1ccc(CNC/C=C/c2ccc(Cl)cc2)cc1.Cl. The predicted molar refractivity (Wildman–Crippen MR) is 90.6 cm³/mol. The summed E-state index contributed by atoms with van der Waals surface area (Å²) < 4.78 is 0. The number of halogens is 2. The van der Waals surface area contributed by atoms with Crippen LogP contribution in [0.4, 0.5) is 0 Å². The number of aryl methyl sites for hydroxylation is 1. The van der Waals surface area contributed by atoms with Crippen molar-refractivity contribution in [2.45, 2.75) is 13.5 Å². The molecule has 2 aromatic rings. The average molecular weight is 308 g/mol. The molecule has 20 heavy (non-hydrogen) atoms. The lowest BCUT2D eigenvalue weighted by Crippen LogP contribution is -2.12. The van der Waals surface area contributed by atoms with Crippen molar-refractivity contribution in [2.75, 3.05) is 6.54 Å². The Hall–Kier alpha value is -1.28. The summed E-state index contributed by atoms with van der Waals surface area (Å²) in [6.07, 6.45) is 4.22. The highest BCUT2D eigenvalue weighted by Crippen LogP contribution is 2.10. The molecule has 0 saturated heterocycles. The van der Waals surface area contributed by atoms with E-state index in [0.29, 0.717) is 0 Å². The lowest BCUT2D eigenvalue weighted by molar-refractivity contribution is 0.761. The Bertz CT molecular complexity index is 530. The van der Waals surface area contributed by atoms with Gasteiger partial charge in [-0.05, 0) is 30.2 Å². The highest BCUT2D eigenvalue weighted by molar-refractivity contribution is 6.30. The molecule has 0 aliphatic heterocycles. The number of hydrogen-bond donors (Lipinski definition) is 1. The van der Waals surface area contributed by atoms with Gasteiger partial charge in [0.2, 0.25) is 0 Å². The van der Waals surface area contributed by atoms with Gasteiger partial charge in [0.1, 0.15) is 0 Å². The maximum absolute atomic E-state index is 5.84. The zero-order valence-electron chi connectivity index (χ0n) is 11.5. The van der Waals surface area contributed by atoms with Gasteiger partial charge in [0.05, 0.1) is 0 Å². The van der Waals surface area contributed by atoms with E-state index in [9.17, 15) is 0 Å². The Balaban J connectivity index is 0.00000200. The second-order valence-corrected chi connectivity index (χ2v) is 5.01. The van der Waals surface area contributed by atoms with Gasteiger partial charge in [0.15, 0.2) is 0 Å². The first-order valence-electron chi connectivity index (χ1n) is 6.42. The second-order valence-electron chi connectivity index (χ2n) is 4.57. The van der Waals surface area contributed by atoms with Crippen LogP contribution in [0.5, 0.6) is 0 Å². The average Bonchev–Trinajstić information content (AvgIpc) is 2.43. The van der Waals surface area contributed by atoms with E-state index in [1.807, 2.05) is 24.3 Å². The van der Waals surface area contributed by atoms with Gasteiger partial charge in [-0.25, -0.2) is 0 Å². The molecule has 0 fully saturated rings. The second kappa shape index (κ2) is 8.80. The third-order valence-corrected chi connectivity index (χ3v) is 3.14. The molecule has 0 radical (unpaired) electrons. The van der Waals surface area contributed by atoms with Crippen molar-refractivity contribution < 1.29 is 0 Å². The molecule has 2 rings (SSSR count). The quantitative estimate of drug-likeness (QED) is 0.777. The molecule has 0 aromatic heterocycles. The molecule has 0 unspecified atom stereocenters. The summed E-state index contributed by atoms with van der Waals surface area (Å²) >= 11 is 5.84. The minimum absolute atomic E-state index is 0. The lowest BCUT2D eigenvalue weighted by atomic mass is 10.1. The summed E-state index contributed by atoms with van der Waals surface area (Å²) in [5, 5.41) is 4.16. The van der Waals surface area contributed by atoms with Gasteiger partial charge >= 0.3 is 0 Å². The fourth-order valence-corrected chi connectivity index (χ4v) is 1.90. The first-order chi connectivity index (χ1) is 9.24. The van der Waals surface area contributed by atoms with E-state index < -0.39 is 0 Å². The molecule has 2 aromatic carbocycles. The van der Waals surface area contributed by atoms with Crippen molar-refractivity contribution in [2.24, 2.45) is 0 Å². The number of hydrogen-bond acceptors (Lipinski definition) is 1. The molecular formula is C17H19Cl2N. The third-order valence-electron chi connectivity index (χ3n) is 2.89. The predicted octanol–water partition coefficient (Wildman–Crippen LogP) is 4.87. The molecule has 0 heterocycles. The summed E-state index contributed by atoms with van der Waals surface area (Å²) in [6.45, 7) is 3.85. The van der Waals surface area contributed by atoms with Gasteiger partial charge in [0.25, 0.3) is 0 Å². The first-order valence-corrected chi connectivity index (χ1v) is 6.80. The van der Waals surface area contributed by atoms with Gasteiger partial charge in [-0.15, -0.1) is 12.4 Å². The van der Waals surface area contributed by atoms with Gasteiger partial charge in [-0.3, -0.25) is 0 Å². The topological polar surface area (TPSA) is 12.0 Å². The number of nitrogens with one attached hydrogen (secondary N) is 1. The Morgan fingerprint density at radius 2 is 1.65 bits per heavy atom. The van der Waals surface area contributed by atoms with Crippen LogP contribution in [0.1, 0.15) is 16.7 Å². The molecule has 0 spiro atoms. The first kappa shape index (κ1) is 16.8. The molecular weight excluding hydrogens is 289 g/mol. The van der Waals surface area contributed by atoms with Crippen LogP contribution in [0.2, 0.25) is 5.02 Å². The zero-order chi connectivity index (χ0) is 13.5. The van der Waals surface area contributed by atoms with E-state index in [-0.39, 0.29) is 12.4 Å². The summed E-state index contributed by atoms with van der Waals surface area (Å²) in [5.41, 5.74) is 3.78. The molecule has 1 N–H and O–H groups in total. The van der Waals surface area contributed by atoms with E-state index in [1.54, 1.807) is 0 Å². The van der Waals surface area contributed by atoms with Crippen molar-refractivity contribution >= 4 is 30.1 Å². The van der Waals surface area contributed by atoms with E-state index in [4.69, 9.17) is 11.6 Å². The van der Waals surface area contributed by atoms with Crippen LogP contribution in [-0.4, -0.2) is 6.54 Å². The summed E-state index contributed by atoms with van der Waals surface area (Å²) in [6, 6.07) is 16.4. The molecule has 0 atom stereocenters. The molecule has 1 nitrogen and oxygen atoms in total. The zero-order valence-corrected chi connectivity index (χ0v) is 13.0. The minimum atomic E-state index is 0. The van der Waals surface area contributed by atoms with Gasteiger partial charge in [-0.1, -0.05) is 65.7 Å². The Morgan fingerprint density at radius 3 is 2.30 bits per heavy atom. The van der Waals surface area contributed by atoms with Crippen molar-refractivity contribution in [3.05, 3.63) is 76.3 Å². The number of benzene rings is 2. The maximum atomic E-state index is 5.84. The standard InChI is InChI=1S/C17H18ClN.ClH/c1-14-4-6-16(7-5-14)13-19-12-2-3-15-8-10-17(18)11-9-15;/h2-11,19H,12-13H2,1H3;1H/b3-2+;. The smallest absolute Gasteiger partial charge is 0.0406 e. The van der Waals surface area contributed by atoms with Crippen LogP contribution in [0.25, 0.3) is 6.08 Å². The van der Waals surface area contributed by atoms with Gasteiger partial charge < -0.3 is 5.32 Å². The van der Waals surface area contributed by atoms with Gasteiger partial charge in [-0.2, -0.15) is 0 Å². The molecule has 0 bridgehead atoms. The molecule has 0 saturated carbocycles. The fourth-order valence-electron chi connectivity index (χ4n) is 1.77. The monoisotopic (exact) mass is 307 g/mol. The Labute approximate surface area is 132 Å². The van der Waals surface area contributed by atoms with Crippen LogP contribution in [-0.2, 0) is 6.54 Å². The summed E-state index contributed by atoms with van der Waals surface area (Å²) in [4.78, 5) is 0. The normalized spacial score (nSPS) is 10.5. The largest absolute Gasteiger partial charge is 0.309 e. The van der Waals surface area contributed by atoms with Gasteiger partial charge in [0, 0.05) is 18.1 Å². The van der Waals surface area contributed by atoms with Crippen LogP contribution < -0.4 is 5.32 Å². The van der Waals surface area contributed by atoms with Crippen LogP contribution >= 0.6 is 24.0 Å². The Morgan fingerprint density at radius 1 is 1.00 bits per heavy atom. The van der Waals surface area contributed by atoms with Crippen molar-refractivity contribution in [3.63, 3.8) is 0 Å². The van der Waals surface area contributed by atoms with E-state index in [2.05, 4.69) is 48.7 Å². The third kappa shape index (κ3) is 5.79. The Kier molecular flexibility index (Phi) is 7.38. The van der Waals surface area contributed by atoms with Crippen LogP contribution in [0, 0.1) is 6.92 Å². The lowest BCUT2D eigenvalue weighted by Gasteiger charge is -2.02. The van der Waals surface area contributed by atoms with Crippen molar-refractivity contribution in [1.29, 1.82) is 0 Å². The maximum Gasteiger partial charge on any atom is 0.0406 e. The van der Waals surface area contributed by atoms with Crippen molar-refractivity contribution in [3.8, 4) is 0 Å². The molecule has 0 amide bonds. The number of rotatable bonds is 5. The molecule has 3 heteroatoms. The molecule has 106 valence electrons. The minimum Gasteiger partial charge on any atom is -0.309 e. The van der Waals surface area contributed by atoms with Crippen LogP contribution in [0.15, 0.2) is 54.6 Å². The fraction of sp³-hybridized carbons (Fsp3) is 0.176. The molecule has 0 aliphatic rings. The molecule has 0 aliphatic carbocycles. The van der Waals surface area contributed by atoms with Crippen LogP contribution in [0.3, 0.4) is 0 Å². The summed E-state index contributed by atoms with van der Waals surface area (Å²) in [5.74, 6) is 0. The van der Waals surface area contributed by atoms with Crippen molar-refractivity contribution in [1.82, 2.24) is 5.32 Å². The van der Waals surface area contributed by atoms with E-state index in [0.717, 1.165) is 18.1 Å². The highest BCUT2D eigenvalue weighted by Gasteiger charge is 1.91. The van der Waals surface area contributed by atoms with E-state index >= 15 is 0 Å². The van der Waals surface area contributed by atoms with E-state index in [1.165, 1.54) is 16.7 Å².